The SMILES string of the molecule is O=C(O)CCC1CCCN(C(=O)CCCOc2cccc(F)c2)C1. The molecule has 0 aromatic heterocycles. The molecule has 0 aliphatic carbocycles. The van der Waals surface area contributed by atoms with Crippen LogP contribution in [0.4, 0.5) is 4.39 Å². The summed E-state index contributed by atoms with van der Waals surface area (Å²) in [6.07, 6.45) is 3.66. The first-order valence-electron chi connectivity index (χ1n) is 8.42. The number of likely N-dealkylation sites (tertiary alicyclic amines) is 1. The van der Waals surface area contributed by atoms with Gasteiger partial charge < -0.3 is 14.7 Å². The van der Waals surface area contributed by atoms with E-state index in [0.29, 0.717) is 38.2 Å². The molecule has 1 aromatic carbocycles. The molecule has 1 heterocycles. The summed E-state index contributed by atoms with van der Waals surface area (Å²) in [5.74, 6) is -0.299. The highest BCUT2D eigenvalue weighted by Gasteiger charge is 2.23. The largest absolute Gasteiger partial charge is 0.493 e. The average Bonchev–Trinajstić information content (AvgIpc) is 2.57. The number of carboxylic acids is 1. The summed E-state index contributed by atoms with van der Waals surface area (Å²) >= 11 is 0. The van der Waals surface area contributed by atoms with E-state index in [2.05, 4.69) is 0 Å². The van der Waals surface area contributed by atoms with Crippen molar-refractivity contribution in [1.82, 2.24) is 4.90 Å². The van der Waals surface area contributed by atoms with Crippen LogP contribution in [0.2, 0.25) is 0 Å². The second-order valence-corrected chi connectivity index (χ2v) is 6.19. The number of benzene rings is 1. The van der Waals surface area contributed by atoms with Gasteiger partial charge in [0, 0.05) is 32.0 Å². The number of halogens is 1. The number of carbonyl (C=O) groups excluding carboxylic acids is 1. The van der Waals surface area contributed by atoms with Crippen molar-refractivity contribution in [3.8, 4) is 5.75 Å². The molecule has 1 aliphatic rings. The van der Waals surface area contributed by atoms with Crippen molar-refractivity contribution >= 4 is 11.9 Å². The number of hydrogen-bond donors (Lipinski definition) is 1. The Bertz CT molecular complexity index is 564. The smallest absolute Gasteiger partial charge is 0.303 e. The normalized spacial score (nSPS) is 17.5. The van der Waals surface area contributed by atoms with Crippen molar-refractivity contribution in [2.75, 3.05) is 19.7 Å². The molecule has 1 unspecified atom stereocenters. The second kappa shape index (κ2) is 9.25. The Balaban J connectivity index is 1.67. The number of carboxylic acid groups (broad SMARTS) is 1. The number of amides is 1. The lowest BCUT2D eigenvalue weighted by Gasteiger charge is -2.32. The molecule has 1 fully saturated rings. The number of nitrogens with zero attached hydrogens (tertiary/aromatic N) is 1. The van der Waals surface area contributed by atoms with E-state index in [9.17, 15) is 14.0 Å². The minimum absolute atomic E-state index is 0.0814. The van der Waals surface area contributed by atoms with Crippen LogP contribution in [0.25, 0.3) is 0 Å². The van der Waals surface area contributed by atoms with Crippen LogP contribution >= 0.6 is 0 Å². The van der Waals surface area contributed by atoms with Gasteiger partial charge in [0.2, 0.25) is 5.91 Å². The van der Waals surface area contributed by atoms with Crippen LogP contribution in [-0.2, 0) is 9.59 Å². The second-order valence-electron chi connectivity index (χ2n) is 6.19. The highest BCUT2D eigenvalue weighted by molar-refractivity contribution is 5.76. The summed E-state index contributed by atoms with van der Waals surface area (Å²) < 4.78 is 18.5. The Hall–Kier alpha value is -2.11. The van der Waals surface area contributed by atoms with Gasteiger partial charge in [-0.3, -0.25) is 9.59 Å². The minimum atomic E-state index is -0.784. The molecular formula is C18H24FNO4. The summed E-state index contributed by atoms with van der Waals surface area (Å²) in [6, 6.07) is 5.94. The molecule has 0 bridgehead atoms. The zero-order valence-electron chi connectivity index (χ0n) is 13.7. The van der Waals surface area contributed by atoms with E-state index in [1.54, 1.807) is 12.1 Å². The fraction of sp³-hybridized carbons (Fsp3) is 0.556. The van der Waals surface area contributed by atoms with E-state index in [4.69, 9.17) is 9.84 Å². The molecule has 0 radical (unpaired) electrons. The maximum Gasteiger partial charge on any atom is 0.303 e. The monoisotopic (exact) mass is 337 g/mol. The van der Waals surface area contributed by atoms with Crippen LogP contribution in [-0.4, -0.2) is 41.6 Å². The third kappa shape index (κ3) is 6.18. The van der Waals surface area contributed by atoms with E-state index < -0.39 is 5.97 Å². The quantitative estimate of drug-likeness (QED) is 0.740. The lowest BCUT2D eigenvalue weighted by molar-refractivity contribution is -0.137. The summed E-state index contributed by atoms with van der Waals surface area (Å²) in [5.41, 5.74) is 0. The lowest BCUT2D eigenvalue weighted by Crippen LogP contribution is -2.40. The van der Waals surface area contributed by atoms with Crippen molar-refractivity contribution in [1.29, 1.82) is 0 Å². The van der Waals surface area contributed by atoms with Gasteiger partial charge in [0.15, 0.2) is 0 Å². The van der Waals surface area contributed by atoms with Crippen LogP contribution in [0.3, 0.4) is 0 Å². The molecular weight excluding hydrogens is 313 g/mol. The lowest BCUT2D eigenvalue weighted by atomic mass is 9.93. The first kappa shape index (κ1) is 18.2. The molecule has 0 spiro atoms. The molecule has 2 rings (SSSR count). The zero-order chi connectivity index (χ0) is 17.4. The highest BCUT2D eigenvalue weighted by atomic mass is 19.1. The van der Waals surface area contributed by atoms with E-state index in [1.165, 1.54) is 12.1 Å². The van der Waals surface area contributed by atoms with Gasteiger partial charge in [-0.1, -0.05) is 6.07 Å². The fourth-order valence-electron chi connectivity index (χ4n) is 2.98. The number of ether oxygens (including phenoxy) is 1. The van der Waals surface area contributed by atoms with Crippen molar-refractivity contribution in [2.24, 2.45) is 5.92 Å². The van der Waals surface area contributed by atoms with Crippen LogP contribution in [0.5, 0.6) is 5.75 Å². The van der Waals surface area contributed by atoms with Crippen LogP contribution in [0, 0.1) is 11.7 Å². The van der Waals surface area contributed by atoms with Crippen LogP contribution < -0.4 is 4.74 Å². The van der Waals surface area contributed by atoms with E-state index >= 15 is 0 Å². The molecule has 1 atom stereocenters. The number of rotatable bonds is 8. The predicted octanol–water partition coefficient (Wildman–Crippen LogP) is 3.09. The van der Waals surface area contributed by atoms with Gasteiger partial charge >= 0.3 is 5.97 Å². The van der Waals surface area contributed by atoms with Gasteiger partial charge in [-0.2, -0.15) is 0 Å². The molecule has 24 heavy (non-hydrogen) atoms. The third-order valence-electron chi connectivity index (χ3n) is 4.24. The topological polar surface area (TPSA) is 66.8 Å². The highest BCUT2D eigenvalue weighted by Crippen LogP contribution is 2.22. The van der Waals surface area contributed by atoms with Crippen molar-refractivity contribution in [2.45, 2.75) is 38.5 Å². The Morgan fingerprint density at radius 1 is 1.33 bits per heavy atom. The maximum absolute atomic E-state index is 13.0. The summed E-state index contributed by atoms with van der Waals surface area (Å²) in [4.78, 5) is 24.7. The van der Waals surface area contributed by atoms with Crippen LogP contribution in [0.15, 0.2) is 24.3 Å². The average molecular weight is 337 g/mol. The van der Waals surface area contributed by atoms with Crippen molar-refractivity contribution < 1.29 is 23.8 Å². The number of aliphatic carboxylic acids is 1. The Kier molecular flexibility index (Phi) is 7.03. The summed E-state index contributed by atoms with van der Waals surface area (Å²) in [5, 5.41) is 8.76. The molecule has 1 aromatic rings. The van der Waals surface area contributed by atoms with E-state index in [-0.39, 0.29) is 24.1 Å². The number of carbonyl (C=O) groups is 2. The van der Waals surface area contributed by atoms with Gasteiger partial charge in [0.05, 0.1) is 6.61 Å². The Labute approximate surface area is 141 Å². The minimum Gasteiger partial charge on any atom is -0.493 e. The molecule has 5 nitrogen and oxygen atoms in total. The predicted molar refractivity (Wildman–Crippen MR) is 87.3 cm³/mol. The Morgan fingerprint density at radius 3 is 2.92 bits per heavy atom. The molecule has 6 heteroatoms. The molecule has 1 N–H and O–H groups in total. The van der Waals surface area contributed by atoms with Crippen molar-refractivity contribution in [3.63, 3.8) is 0 Å². The van der Waals surface area contributed by atoms with Crippen LogP contribution in [0.1, 0.15) is 38.5 Å². The van der Waals surface area contributed by atoms with Gasteiger partial charge in [-0.05, 0) is 43.7 Å². The van der Waals surface area contributed by atoms with E-state index in [0.717, 1.165) is 19.4 Å². The molecule has 1 aliphatic heterocycles. The zero-order valence-corrected chi connectivity index (χ0v) is 13.7. The standard InChI is InChI=1S/C18H24FNO4/c19-15-5-1-6-16(12-15)24-11-3-7-17(21)20-10-2-4-14(13-20)8-9-18(22)23/h1,5-6,12,14H,2-4,7-11,13H2,(H,22,23). The molecule has 1 saturated heterocycles. The van der Waals surface area contributed by atoms with Crippen molar-refractivity contribution in [3.05, 3.63) is 30.1 Å². The first-order chi connectivity index (χ1) is 11.5. The van der Waals surface area contributed by atoms with Gasteiger partial charge in [0.1, 0.15) is 11.6 Å². The Morgan fingerprint density at radius 2 is 2.17 bits per heavy atom. The number of hydrogen-bond acceptors (Lipinski definition) is 3. The fourth-order valence-corrected chi connectivity index (χ4v) is 2.98. The van der Waals surface area contributed by atoms with E-state index in [1.807, 2.05) is 4.90 Å². The molecule has 1 amide bonds. The first-order valence-corrected chi connectivity index (χ1v) is 8.42. The summed E-state index contributed by atoms with van der Waals surface area (Å²) in [6.45, 7) is 1.76. The summed E-state index contributed by atoms with van der Waals surface area (Å²) in [7, 11) is 0. The molecule has 0 saturated carbocycles. The maximum atomic E-state index is 13.0. The van der Waals surface area contributed by atoms with Gasteiger partial charge in [0.25, 0.3) is 0 Å². The third-order valence-corrected chi connectivity index (χ3v) is 4.24. The molecule has 132 valence electrons. The van der Waals surface area contributed by atoms with Gasteiger partial charge in [-0.25, -0.2) is 4.39 Å². The number of piperidine rings is 1. The van der Waals surface area contributed by atoms with Gasteiger partial charge in [-0.15, -0.1) is 0 Å².